The van der Waals surface area contributed by atoms with E-state index in [4.69, 9.17) is 0 Å². The van der Waals surface area contributed by atoms with Gasteiger partial charge >= 0.3 is 5.69 Å². The zero-order valence-corrected chi connectivity index (χ0v) is 10.9. The van der Waals surface area contributed by atoms with E-state index in [9.17, 15) is 15.2 Å². The molecule has 104 valence electrons. The molecule has 0 aromatic heterocycles. The van der Waals surface area contributed by atoms with E-state index in [-0.39, 0.29) is 22.8 Å². The second-order valence-corrected chi connectivity index (χ2v) is 4.85. The molecule has 1 aliphatic carbocycles. The summed E-state index contributed by atoms with van der Waals surface area (Å²) in [7, 11) is 0. The Hall–Kier alpha value is -1.82. The van der Waals surface area contributed by atoms with Crippen LogP contribution in [-0.4, -0.2) is 28.7 Å². The largest absolute Gasteiger partial charge is 0.393 e. The fraction of sp³-hybridized carbons (Fsp3) is 0.538. The fourth-order valence-corrected chi connectivity index (χ4v) is 2.18. The molecule has 0 amide bonds. The Morgan fingerprint density at radius 2 is 2.11 bits per heavy atom. The van der Waals surface area contributed by atoms with Gasteiger partial charge in [-0.2, -0.15) is 0 Å². The average molecular weight is 265 g/mol. The number of nitro benzene ring substituents is 1. The highest BCUT2D eigenvalue weighted by Gasteiger charge is 2.29. The van der Waals surface area contributed by atoms with Gasteiger partial charge in [0.05, 0.1) is 11.0 Å². The van der Waals surface area contributed by atoms with Crippen LogP contribution in [0, 0.1) is 10.1 Å². The molecule has 2 rings (SSSR count). The number of para-hydroxylation sites is 1. The number of nitrogens with zero attached hydrogens (tertiary/aromatic N) is 1. The number of benzene rings is 1. The molecule has 0 heterocycles. The van der Waals surface area contributed by atoms with Gasteiger partial charge in [-0.15, -0.1) is 0 Å². The summed E-state index contributed by atoms with van der Waals surface area (Å²) in [5, 5.41) is 26.7. The van der Waals surface area contributed by atoms with Crippen LogP contribution in [0.25, 0.3) is 0 Å². The minimum Gasteiger partial charge on any atom is -0.393 e. The minimum atomic E-state index is -0.366. The van der Waals surface area contributed by atoms with Crippen molar-refractivity contribution in [2.45, 2.75) is 38.3 Å². The lowest BCUT2D eigenvalue weighted by atomic mass is 9.89. The molecule has 0 atom stereocenters. The third-order valence-electron chi connectivity index (χ3n) is 3.26. The van der Waals surface area contributed by atoms with Crippen LogP contribution in [-0.2, 0) is 0 Å². The van der Waals surface area contributed by atoms with Crippen LogP contribution >= 0.6 is 0 Å². The normalized spacial score (nSPS) is 21.6. The van der Waals surface area contributed by atoms with Crippen LogP contribution in [0.2, 0.25) is 0 Å². The molecule has 0 aliphatic heterocycles. The maximum absolute atomic E-state index is 11.2. The van der Waals surface area contributed by atoms with E-state index in [1.54, 1.807) is 18.2 Å². The number of anilines is 2. The molecule has 1 fully saturated rings. The Morgan fingerprint density at radius 3 is 2.68 bits per heavy atom. The molecule has 3 N–H and O–H groups in total. The van der Waals surface area contributed by atoms with Crippen molar-refractivity contribution in [2.24, 2.45) is 0 Å². The lowest BCUT2D eigenvalue weighted by molar-refractivity contribution is -0.383. The van der Waals surface area contributed by atoms with Crippen molar-refractivity contribution in [1.29, 1.82) is 0 Å². The molecule has 19 heavy (non-hydrogen) atoms. The van der Waals surface area contributed by atoms with Crippen molar-refractivity contribution < 1.29 is 10.0 Å². The summed E-state index contributed by atoms with van der Waals surface area (Å²) in [6.07, 6.45) is 1.91. The van der Waals surface area contributed by atoms with E-state index in [2.05, 4.69) is 10.6 Å². The molecule has 6 nitrogen and oxygen atoms in total. The van der Waals surface area contributed by atoms with Crippen molar-refractivity contribution in [2.75, 3.05) is 17.2 Å². The van der Waals surface area contributed by atoms with Crippen molar-refractivity contribution in [1.82, 2.24) is 0 Å². The van der Waals surface area contributed by atoms with Crippen LogP contribution in [0.1, 0.15) is 26.2 Å². The quantitative estimate of drug-likeness (QED) is 0.543. The van der Waals surface area contributed by atoms with Gasteiger partial charge in [0.25, 0.3) is 0 Å². The summed E-state index contributed by atoms with van der Waals surface area (Å²) in [5.74, 6) is 0. The number of hydrogen-bond acceptors (Lipinski definition) is 5. The third-order valence-corrected chi connectivity index (χ3v) is 3.26. The van der Waals surface area contributed by atoms with Crippen molar-refractivity contribution >= 4 is 17.1 Å². The Labute approximate surface area is 112 Å². The summed E-state index contributed by atoms with van der Waals surface area (Å²) in [5.41, 5.74) is 1.14. The van der Waals surface area contributed by atoms with Crippen LogP contribution in [0.3, 0.4) is 0 Å². The van der Waals surface area contributed by atoms with E-state index in [0.29, 0.717) is 30.8 Å². The second kappa shape index (κ2) is 5.88. The molecule has 1 aromatic carbocycles. The zero-order valence-electron chi connectivity index (χ0n) is 10.9. The lowest BCUT2D eigenvalue weighted by Crippen LogP contribution is -2.39. The summed E-state index contributed by atoms with van der Waals surface area (Å²) in [4.78, 5) is 10.9. The van der Waals surface area contributed by atoms with E-state index in [1.165, 1.54) is 0 Å². The summed E-state index contributed by atoms with van der Waals surface area (Å²) >= 11 is 0. The number of hydrogen-bond donors (Lipinski definition) is 3. The maximum atomic E-state index is 11.2. The van der Waals surface area contributed by atoms with Gasteiger partial charge in [-0.1, -0.05) is 13.0 Å². The summed E-state index contributed by atoms with van der Waals surface area (Å²) < 4.78 is 0. The van der Waals surface area contributed by atoms with E-state index in [0.717, 1.165) is 6.42 Å². The predicted molar refractivity (Wildman–Crippen MR) is 74.5 cm³/mol. The Balaban J connectivity index is 2.18. The van der Waals surface area contributed by atoms with Crippen LogP contribution in [0.5, 0.6) is 0 Å². The second-order valence-electron chi connectivity index (χ2n) is 4.85. The van der Waals surface area contributed by atoms with Gasteiger partial charge in [-0.25, -0.2) is 0 Å². The SMILES string of the molecule is CCCNc1cccc(NC2CC(O)C2)c1[N+](=O)[O-]. The van der Waals surface area contributed by atoms with E-state index in [1.807, 2.05) is 6.92 Å². The first kappa shape index (κ1) is 13.6. The summed E-state index contributed by atoms with van der Waals surface area (Å²) in [6.45, 7) is 2.71. The molecule has 0 spiro atoms. The Kier molecular flexibility index (Phi) is 4.21. The van der Waals surface area contributed by atoms with Crippen LogP contribution < -0.4 is 10.6 Å². The van der Waals surface area contributed by atoms with Gasteiger partial charge in [0.1, 0.15) is 11.4 Å². The number of rotatable bonds is 6. The number of aliphatic hydroxyl groups is 1. The number of aliphatic hydroxyl groups excluding tert-OH is 1. The molecule has 1 aromatic rings. The highest BCUT2D eigenvalue weighted by molar-refractivity contribution is 5.76. The van der Waals surface area contributed by atoms with Gasteiger partial charge in [0.15, 0.2) is 0 Å². The first-order chi connectivity index (χ1) is 9.11. The lowest BCUT2D eigenvalue weighted by Gasteiger charge is -2.32. The first-order valence-electron chi connectivity index (χ1n) is 6.57. The number of nitrogens with one attached hydrogen (secondary N) is 2. The van der Waals surface area contributed by atoms with Crippen LogP contribution in [0.4, 0.5) is 17.1 Å². The molecule has 6 heteroatoms. The predicted octanol–water partition coefficient (Wildman–Crippen LogP) is 2.35. The van der Waals surface area contributed by atoms with E-state index < -0.39 is 0 Å². The Morgan fingerprint density at radius 1 is 1.42 bits per heavy atom. The smallest absolute Gasteiger partial charge is 0.315 e. The van der Waals surface area contributed by atoms with Gasteiger partial charge in [0.2, 0.25) is 0 Å². The molecule has 0 unspecified atom stereocenters. The van der Waals surface area contributed by atoms with E-state index >= 15 is 0 Å². The van der Waals surface area contributed by atoms with Crippen LogP contribution in [0.15, 0.2) is 18.2 Å². The molecule has 0 bridgehead atoms. The molecule has 1 saturated carbocycles. The first-order valence-corrected chi connectivity index (χ1v) is 6.57. The van der Waals surface area contributed by atoms with Crippen molar-refractivity contribution in [3.05, 3.63) is 28.3 Å². The fourth-order valence-electron chi connectivity index (χ4n) is 2.18. The van der Waals surface area contributed by atoms with Gasteiger partial charge < -0.3 is 15.7 Å². The Bertz CT molecular complexity index is 458. The molecule has 0 saturated heterocycles. The molecular weight excluding hydrogens is 246 g/mol. The minimum absolute atomic E-state index is 0.0809. The average Bonchev–Trinajstić information content (AvgIpc) is 2.34. The van der Waals surface area contributed by atoms with Crippen molar-refractivity contribution in [3.8, 4) is 0 Å². The molecule has 0 radical (unpaired) electrons. The zero-order chi connectivity index (χ0) is 13.8. The standard InChI is InChI=1S/C13H19N3O3/c1-2-6-14-11-4-3-5-12(13(11)16(18)19)15-9-7-10(17)8-9/h3-5,9-10,14-15,17H,2,6-8H2,1H3. The van der Waals surface area contributed by atoms with Gasteiger partial charge in [-0.3, -0.25) is 10.1 Å². The molecular formula is C13H19N3O3. The highest BCUT2D eigenvalue weighted by atomic mass is 16.6. The monoisotopic (exact) mass is 265 g/mol. The summed E-state index contributed by atoms with van der Waals surface area (Å²) in [6, 6.07) is 5.34. The van der Waals surface area contributed by atoms with Gasteiger partial charge in [-0.05, 0) is 31.4 Å². The van der Waals surface area contributed by atoms with Crippen molar-refractivity contribution in [3.63, 3.8) is 0 Å². The molecule has 1 aliphatic rings. The number of nitro groups is 1. The highest BCUT2D eigenvalue weighted by Crippen LogP contribution is 2.35. The topological polar surface area (TPSA) is 87.4 Å². The van der Waals surface area contributed by atoms with Gasteiger partial charge in [0, 0.05) is 12.6 Å². The maximum Gasteiger partial charge on any atom is 0.315 e. The third kappa shape index (κ3) is 3.14.